The van der Waals surface area contributed by atoms with Crippen molar-refractivity contribution in [2.24, 2.45) is 4.99 Å². The monoisotopic (exact) mass is 176 g/mol. The smallest absolute Gasteiger partial charge is 0.118 e. The molecule has 0 spiro atoms. The van der Waals surface area contributed by atoms with Crippen LogP contribution in [0.25, 0.3) is 6.08 Å². The standard InChI is InChI=1S/C10H12N2O/c1-4-7-5-8(13)6-9(11-2)10(7)12-3/h4-6,11,13H,1,3H2,2H3. The van der Waals surface area contributed by atoms with Gasteiger partial charge in [-0.05, 0) is 12.8 Å². The largest absolute Gasteiger partial charge is 0.508 e. The predicted octanol–water partition coefficient (Wildman–Crippen LogP) is 2.41. The summed E-state index contributed by atoms with van der Waals surface area (Å²) in [5.74, 6) is 0.187. The van der Waals surface area contributed by atoms with E-state index in [2.05, 4.69) is 23.6 Å². The van der Waals surface area contributed by atoms with Crippen molar-refractivity contribution in [3.05, 3.63) is 24.3 Å². The maximum absolute atomic E-state index is 9.33. The van der Waals surface area contributed by atoms with E-state index in [4.69, 9.17) is 0 Å². The first-order valence-corrected chi connectivity index (χ1v) is 3.87. The van der Waals surface area contributed by atoms with Crippen molar-refractivity contribution >= 4 is 24.2 Å². The van der Waals surface area contributed by atoms with Crippen molar-refractivity contribution in [1.82, 2.24) is 0 Å². The van der Waals surface area contributed by atoms with Gasteiger partial charge in [0.15, 0.2) is 0 Å². The third kappa shape index (κ3) is 1.69. The number of nitrogens with zero attached hydrogens (tertiary/aromatic N) is 1. The molecule has 0 radical (unpaired) electrons. The number of phenols is 1. The molecule has 3 heteroatoms. The first kappa shape index (κ1) is 9.32. The molecule has 0 saturated carbocycles. The molecule has 0 aromatic heterocycles. The number of aromatic hydroxyl groups is 1. The summed E-state index contributed by atoms with van der Waals surface area (Å²) in [7, 11) is 1.76. The molecule has 0 unspecified atom stereocenters. The number of anilines is 1. The summed E-state index contributed by atoms with van der Waals surface area (Å²) < 4.78 is 0. The average molecular weight is 176 g/mol. The number of hydrogen-bond acceptors (Lipinski definition) is 3. The van der Waals surface area contributed by atoms with E-state index in [0.717, 1.165) is 11.3 Å². The summed E-state index contributed by atoms with van der Waals surface area (Å²) in [5.41, 5.74) is 2.21. The molecule has 2 N–H and O–H groups in total. The highest BCUT2D eigenvalue weighted by Gasteiger charge is 2.05. The molecule has 0 bridgehead atoms. The lowest BCUT2D eigenvalue weighted by Crippen LogP contribution is -1.89. The first-order valence-electron chi connectivity index (χ1n) is 3.87. The van der Waals surface area contributed by atoms with Gasteiger partial charge in [0.05, 0.1) is 11.4 Å². The molecule has 0 heterocycles. The second kappa shape index (κ2) is 3.76. The van der Waals surface area contributed by atoms with Crippen LogP contribution in [0.2, 0.25) is 0 Å². The van der Waals surface area contributed by atoms with Gasteiger partial charge in [0, 0.05) is 18.7 Å². The molecule has 3 nitrogen and oxygen atoms in total. The minimum atomic E-state index is 0.187. The number of nitrogens with one attached hydrogen (secondary N) is 1. The molecule has 68 valence electrons. The molecule has 1 aromatic carbocycles. The highest BCUT2D eigenvalue weighted by molar-refractivity contribution is 5.79. The van der Waals surface area contributed by atoms with Gasteiger partial charge >= 0.3 is 0 Å². The van der Waals surface area contributed by atoms with Crippen LogP contribution >= 0.6 is 0 Å². The Labute approximate surface area is 77.4 Å². The van der Waals surface area contributed by atoms with E-state index >= 15 is 0 Å². The van der Waals surface area contributed by atoms with Crippen molar-refractivity contribution in [2.75, 3.05) is 12.4 Å². The number of hydrogen-bond donors (Lipinski definition) is 2. The zero-order chi connectivity index (χ0) is 9.84. The van der Waals surface area contributed by atoms with Gasteiger partial charge in [-0.2, -0.15) is 0 Å². The SMILES string of the molecule is C=Cc1cc(O)cc(NC)c1N=C. The van der Waals surface area contributed by atoms with Crippen LogP contribution in [0, 0.1) is 0 Å². The lowest BCUT2D eigenvalue weighted by Gasteiger charge is -2.08. The van der Waals surface area contributed by atoms with Crippen molar-refractivity contribution in [1.29, 1.82) is 0 Å². The van der Waals surface area contributed by atoms with Crippen LogP contribution in [-0.2, 0) is 0 Å². The molecule has 0 aliphatic rings. The van der Waals surface area contributed by atoms with E-state index in [1.807, 2.05) is 0 Å². The molecule has 0 atom stereocenters. The minimum absolute atomic E-state index is 0.187. The van der Waals surface area contributed by atoms with Crippen molar-refractivity contribution in [3.8, 4) is 5.75 Å². The second-order valence-corrected chi connectivity index (χ2v) is 2.54. The minimum Gasteiger partial charge on any atom is -0.508 e. The van der Waals surface area contributed by atoms with E-state index in [1.54, 1.807) is 25.3 Å². The molecule has 0 saturated heterocycles. The van der Waals surface area contributed by atoms with Crippen LogP contribution in [0.4, 0.5) is 11.4 Å². The summed E-state index contributed by atoms with van der Waals surface area (Å²) in [4.78, 5) is 3.86. The maximum Gasteiger partial charge on any atom is 0.118 e. The van der Waals surface area contributed by atoms with Crippen LogP contribution in [-0.4, -0.2) is 18.9 Å². The van der Waals surface area contributed by atoms with Gasteiger partial charge in [-0.1, -0.05) is 12.7 Å². The lowest BCUT2D eigenvalue weighted by atomic mass is 10.1. The van der Waals surface area contributed by atoms with Gasteiger partial charge in [0.2, 0.25) is 0 Å². The molecule has 0 amide bonds. The van der Waals surface area contributed by atoms with Crippen molar-refractivity contribution in [2.45, 2.75) is 0 Å². The molecular formula is C10H12N2O. The van der Waals surface area contributed by atoms with E-state index in [-0.39, 0.29) is 5.75 Å². The number of rotatable bonds is 3. The second-order valence-electron chi connectivity index (χ2n) is 2.54. The van der Waals surface area contributed by atoms with Crippen molar-refractivity contribution < 1.29 is 5.11 Å². The summed E-state index contributed by atoms with van der Waals surface area (Å²) >= 11 is 0. The maximum atomic E-state index is 9.33. The van der Waals surface area contributed by atoms with Crippen LogP contribution in [0.1, 0.15) is 5.56 Å². The summed E-state index contributed by atoms with van der Waals surface area (Å²) in [5, 5.41) is 12.2. The van der Waals surface area contributed by atoms with Crippen LogP contribution in [0.5, 0.6) is 5.75 Å². The Bertz CT molecular complexity index is 345. The number of phenolic OH excluding ortho intramolecular Hbond substituents is 1. The molecule has 0 fully saturated rings. The van der Waals surface area contributed by atoms with Gasteiger partial charge in [-0.15, -0.1) is 0 Å². The van der Waals surface area contributed by atoms with E-state index in [0.29, 0.717) is 5.69 Å². The Balaban J connectivity index is 3.41. The summed E-state index contributed by atoms with van der Waals surface area (Å²) in [6, 6.07) is 3.19. The predicted molar refractivity (Wildman–Crippen MR) is 57.0 cm³/mol. The Hall–Kier alpha value is -1.77. The summed E-state index contributed by atoms with van der Waals surface area (Å²) in [6.45, 7) is 7.09. The van der Waals surface area contributed by atoms with Crippen LogP contribution in [0.15, 0.2) is 23.7 Å². The Morgan fingerprint density at radius 2 is 2.23 bits per heavy atom. The zero-order valence-corrected chi connectivity index (χ0v) is 7.54. The lowest BCUT2D eigenvalue weighted by molar-refractivity contribution is 0.475. The third-order valence-corrected chi connectivity index (χ3v) is 1.77. The average Bonchev–Trinajstić information content (AvgIpc) is 2.16. The number of benzene rings is 1. The first-order chi connectivity index (χ1) is 6.22. The van der Waals surface area contributed by atoms with E-state index in [1.165, 1.54) is 0 Å². The molecule has 0 aliphatic heterocycles. The fraction of sp³-hybridized carbons (Fsp3) is 0.100. The molecule has 0 aliphatic carbocycles. The summed E-state index contributed by atoms with van der Waals surface area (Å²) in [6.07, 6.45) is 1.63. The van der Waals surface area contributed by atoms with Crippen molar-refractivity contribution in [3.63, 3.8) is 0 Å². The highest BCUT2D eigenvalue weighted by Crippen LogP contribution is 2.33. The zero-order valence-electron chi connectivity index (χ0n) is 7.54. The Kier molecular flexibility index (Phi) is 2.69. The van der Waals surface area contributed by atoms with Gasteiger partial charge < -0.3 is 10.4 Å². The molecule has 1 rings (SSSR count). The third-order valence-electron chi connectivity index (χ3n) is 1.77. The fourth-order valence-corrected chi connectivity index (χ4v) is 1.16. The van der Waals surface area contributed by atoms with E-state index in [9.17, 15) is 5.11 Å². The fourth-order valence-electron chi connectivity index (χ4n) is 1.16. The van der Waals surface area contributed by atoms with E-state index < -0.39 is 0 Å². The van der Waals surface area contributed by atoms with Crippen LogP contribution in [0.3, 0.4) is 0 Å². The van der Waals surface area contributed by atoms with Crippen LogP contribution < -0.4 is 5.32 Å². The topological polar surface area (TPSA) is 44.6 Å². The normalized spacial score (nSPS) is 9.31. The number of aliphatic imine (C=N–C) groups is 1. The molecular weight excluding hydrogens is 164 g/mol. The van der Waals surface area contributed by atoms with Gasteiger partial charge in [0.25, 0.3) is 0 Å². The molecule has 13 heavy (non-hydrogen) atoms. The van der Waals surface area contributed by atoms with Gasteiger partial charge in [0.1, 0.15) is 5.75 Å². The van der Waals surface area contributed by atoms with Gasteiger partial charge in [-0.3, -0.25) is 4.99 Å². The Morgan fingerprint density at radius 1 is 1.54 bits per heavy atom. The quantitative estimate of drug-likeness (QED) is 0.694. The highest BCUT2D eigenvalue weighted by atomic mass is 16.3. The Morgan fingerprint density at radius 3 is 2.69 bits per heavy atom. The van der Waals surface area contributed by atoms with Gasteiger partial charge in [-0.25, -0.2) is 0 Å². The molecule has 1 aromatic rings.